The average Bonchev–Trinajstić information content (AvgIpc) is 3.09. The largest absolute Gasteiger partial charge is 0.368 e. The molecule has 2 aromatic heterocycles. The van der Waals surface area contributed by atoms with Gasteiger partial charge in [-0.05, 0) is 26.0 Å². The summed E-state index contributed by atoms with van der Waals surface area (Å²) in [5.41, 5.74) is 1.71. The standard InChI is InChI=1S/C20H27N7O/c1-13(2)17-25-18(21-10-11-22-20(28)24-14(3)4)16-12-23-27(19(16)26-17)15-8-6-5-7-9-15/h5-9,12-14H,10-11H2,1-4H3,(H,21,25,26)(H2,22,24,28). The van der Waals surface area contributed by atoms with Gasteiger partial charge >= 0.3 is 6.03 Å². The maximum Gasteiger partial charge on any atom is 0.315 e. The Balaban J connectivity index is 1.82. The van der Waals surface area contributed by atoms with E-state index in [0.717, 1.165) is 28.4 Å². The van der Waals surface area contributed by atoms with Gasteiger partial charge < -0.3 is 16.0 Å². The smallest absolute Gasteiger partial charge is 0.315 e. The Labute approximate surface area is 164 Å². The van der Waals surface area contributed by atoms with Gasteiger partial charge in [0.2, 0.25) is 0 Å². The van der Waals surface area contributed by atoms with Gasteiger partial charge in [0.25, 0.3) is 0 Å². The third-order valence-corrected chi connectivity index (χ3v) is 4.09. The van der Waals surface area contributed by atoms with E-state index in [4.69, 9.17) is 4.98 Å². The quantitative estimate of drug-likeness (QED) is 0.547. The second-order valence-corrected chi connectivity index (χ2v) is 7.20. The zero-order valence-electron chi connectivity index (χ0n) is 16.7. The first kappa shape index (κ1) is 19.6. The molecule has 28 heavy (non-hydrogen) atoms. The molecule has 0 aliphatic rings. The molecule has 0 spiro atoms. The summed E-state index contributed by atoms with van der Waals surface area (Å²) >= 11 is 0. The lowest BCUT2D eigenvalue weighted by Crippen LogP contribution is -2.41. The van der Waals surface area contributed by atoms with Crippen LogP contribution in [0, 0.1) is 0 Å². The molecule has 148 valence electrons. The fraction of sp³-hybridized carbons (Fsp3) is 0.400. The SMILES string of the molecule is CC(C)NC(=O)NCCNc1nc(C(C)C)nc2c1cnn2-c1ccccc1. The van der Waals surface area contributed by atoms with Crippen LogP contribution in [-0.4, -0.2) is 44.9 Å². The van der Waals surface area contributed by atoms with Crippen LogP contribution in [0.4, 0.5) is 10.6 Å². The highest BCUT2D eigenvalue weighted by atomic mass is 16.2. The monoisotopic (exact) mass is 381 g/mol. The van der Waals surface area contributed by atoms with Gasteiger partial charge in [-0.15, -0.1) is 0 Å². The molecule has 8 nitrogen and oxygen atoms in total. The van der Waals surface area contributed by atoms with Crippen LogP contribution in [0.2, 0.25) is 0 Å². The number of anilines is 1. The van der Waals surface area contributed by atoms with E-state index < -0.39 is 0 Å². The van der Waals surface area contributed by atoms with E-state index in [2.05, 4.69) is 39.9 Å². The number of benzene rings is 1. The number of amides is 2. The Morgan fingerprint density at radius 2 is 1.82 bits per heavy atom. The predicted molar refractivity (Wildman–Crippen MR) is 111 cm³/mol. The average molecular weight is 381 g/mol. The second kappa shape index (κ2) is 8.69. The number of fused-ring (bicyclic) bond motifs is 1. The number of rotatable bonds is 7. The Morgan fingerprint density at radius 3 is 2.50 bits per heavy atom. The van der Waals surface area contributed by atoms with Crippen LogP contribution in [-0.2, 0) is 0 Å². The minimum Gasteiger partial charge on any atom is -0.368 e. The molecule has 8 heteroatoms. The van der Waals surface area contributed by atoms with Gasteiger partial charge in [0, 0.05) is 25.0 Å². The Hall–Kier alpha value is -3.16. The summed E-state index contributed by atoms with van der Waals surface area (Å²) in [4.78, 5) is 21.1. The molecule has 0 saturated heterocycles. The first-order valence-corrected chi connectivity index (χ1v) is 9.55. The van der Waals surface area contributed by atoms with Gasteiger partial charge in [-0.25, -0.2) is 19.4 Å². The summed E-state index contributed by atoms with van der Waals surface area (Å²) < 4.78 is 1.82. The molecule has 2 amide bonds. The number of hydrogen-bond acceptors (Lipinski definition) is 5. The highest BCUT2D eigenvalue weighted by Crippen LogP contribution is 2.24. The number of aromatic nitrogens is 4. The lowest BCUT2D eigenvalue weighted by molar-refractivity contribution is 0.239. The molecule has 0 fully saturated rings. The minimum absolute atomic E-state index is 0.104. The first-order valence-electron chi connectivity index (χ1n) is 9.55. The summed E-state index contributed by atoms with van der Waals surface area (Å²) in [5, 5.41) is 14.3. The van der Waals surface area contributed by atoms with E-state index in [0.29, 0.717) is 13.1 Å². The van der Waals surface area contributed by atoms with Crippen molar-refractivity contribution in [3.8, 4) is 5.69 Å². The molecule has 0 saturated carbocycles. The molecule has 0 radical (unpaired) electrons. The van der Waals surface area contributed by atoms with Crippen LogP contribution < -0.4 is 16.0 Å². The number of urea groups is 1. The zero-order chi connectivity index (χ0) is 20.1. The Morgan fingerprint density at radius 1 is 1.07 bits per heavy atom. The van der Waals surface area contributed by atoms with Gasteiger partial charge in [0.15, 0.2) is 5.65 Å². The van der Waals surface area contributed by atoms with Crippen molar-refractivity contribution in [1.82, 2.24) is 30.4 Å². The molecular formula is C20H27N7O. The molecular weight excluding hydrogens is 354 g/mol. The lowest BCUT2D eigenvalue weighted by Gasteiger charge is -2.13. The van der Waals surface area contributed by atoms with Gasteiger partial charge in [0.05, 0.1) is 17.3 Å². The van der Waals surface area contributed by atoms with Crippen molar-refractivity contribution in [2.75, 3.05) is 18.4 Å². The number of hydrogen-bond donors (Lipinski definition) is 3. The van der Waals surface area contributed by atoms with Crippen molar-refractivity contribution < 1.29 is 4.79 Å². The summed E-state index contributed by atoms with van der Waals surface area (Å²) in [6, 6.07) is 9.83. The third-order valence-electron chi connectivity index (χ3n) is 4.09. The lowest BCUT2D eigenvalue weighted by atomic mass is 10.2. The van der Waals surface area contributed by atoms with Crippen molar-refractivity contribution in [2.45, 2.75) is 39.7 Å². The number of nitrogens with zero attached hydrogens (tertiary/aromatic N) is 4. The molecule has 2 heterocycles. The van der Waals surface area contributed by atoms with Crippen molar-refractivity contribution in [3.05, 3.63) is 42.4 Å². The fourth-order valence-electron chi connectivity index (χ4n) is 2.75. The third kappa shape index (κ3) is 4.57. The Kier molecular flexibility index (Phi) is 6.08. The number of carbonyl (C=O) groups excluding carboxylic acids is 1. The van der Waals surface area contributed by atoms with Crippen molar-refractivity contribution in [1.29, 1.82) is 0 Å². The van der Waals surface area contributed by atoms with Crippen molar-refractivity contribution in [3.63, 3.8) is 0 Å². The molecule has 1 aromatic carbocycles. The topological polar surface area (TPSA) is 96.8 Å². The van der Waals surface area contributed by atoms with Crippen LogP contribution in [0.5, 0.6) is 0 Å². The summed E-state index contributed by atoms with van der Waals surface area (Å²) in [6.07, 6.45) is 1.77. The van der Waals surface area contributed by atoms with Gasteiger partial charge in [-0.3, -0.25) is 0 Å². The zero-order valence-corrected chi connectivity index (χ0v) is 16.7. The molecule has 3 aromatic rings. The van der Waals surface area contributed by atoms with E-state index in [9.17, 15) is 4.79 Å². The molecule has 3 rings (SSSR count). The van der Waals surface area contributed by atoms with Crippen LogP contribution in [0.25, 0.3) is 16.7 Å². The van der Waals surface area contributed by atoms with Crippen LogP contribution in [0.3, 0.4) is 0 Å². The summed E-state index contributed by atoms with van der Waals surface area (Å²) in [6.45, 7) is 9.00. The molecule has 0 unspecified atom stereocenters. The summed E-state index contributed by atoms with van der Waals surface area (Å²) in [5.74, 6) is 1.65. The predicted octanol–water partition coefficient (Wildman–Crippen LogP) is 3.06. The van der Waals surface area contributed by atoms with Crippen LogP contribution in [0.15, 0.2) is 36.5 Å². The van der Waals surface area contributed by atoms with Gasteiger partial charge in [-0.1, -0.05) is 32.0 Å². The van der Waals surface area contributed by atoms with E-state index >= 15 is 0 Å². The molecule has 3 N–H and O–H groups in total. The van der Waals surface area contributed by atoms with Gasteiger partial charge in [0.1, 0.15) is 11.6 Å². The highest BCUT2D eigenvalue weighted by molar-refractivity contribution is 5.87. The maximum absolute atomic E-state index is 11.7. The van der Waals surface area contributed by atoms with Gasteiger partial charge in [-0.2, -0.15) is 5.10 Å². The van der Waals surface area contributed by atoms with E-state index in [-0.39, 0.29) is 18.0 Å². The molecule has 0 atom stereocenters. The first-order chi connectivity index (χ1) is 13.5. The fourth-order valence-corrected chi connectivity index (χ4v) is 2.75. The molecule has 0 aliphatic carbocycles. The van der Waals surface area contributed by atoms with Crippen molar-refractivity contribution >= 4 is 22.9 Å². The highest BCUT2D eigenvalue weighted by Gasteiger charge is 2.15. The molecule has 0 bridgehead atoms. The van der Waals surface area contributed by atoms with Crippen molar-refractivity contribution in [2.24, 2.45) is 0 Å². The minimum atomic E-state index is -0.176. The number of para-hydroxylation sites is 1. The maximum atomic E-state index is 11.7. The number of nitrogens with one attached hydrogen (secondary N) is 3. The molecule has 0 aliphatic heterocycles. The Bertz CT molecular complexity index is 934. The van der Waals surface area contributed by atoms with E-state index in [1.165, 1.54) is 0 Å². The second-order valence-electron chi connectivity index (χ2n) is 7.20. The summed E-state index contributed by atoms with van der Waals surface area (Å²) in [7, 11) is 0. The van der Waals surface area contributed by atoms with Crippen LogP contribution in [0.1, 0.15) is 39.4 Å². The number of carbonyl (C=O) groups is 1. The van der Waals surface area contributed by atoms with E-state index in [1.54, 1.807) is 6.20 Å². The van der Waals surface area contributed by atoms with E-state index in [1.807, 2.05) is 48.9 Å². The normalized spacial score (nSPS) is 11.2. The van der Waals surface area contributed by atoms with Crippen LogP contribution >= 0.6 is 0 Å².